The van der Waals surface area contributed by atoms with Crippen molar-refractivity contribution in [3.8, 4) is 0 Å². The zero-order valence-electron chi connectivity index (χ0n) is 5.47. The van der Waals surface area contributed by atoms with Crippen molar-refractivity contribution in [2.75, 3.05) is 6.61 Å². The first kappa shape index (κ1) is 12.5. The van der Waals surface area contributed by atoms with Crippen LogP contribution >= 0.6 is 68.6 Å². The predicted octanol–water partition coefficient (Wildman–Crippen LogP) is 4.02. The van der Waals surface area contributed by atoms with E-state index in [9.17, 15) is 0 Å². The maximum atomic E-state index is 5.44. The molecule has 0 amide bonds. The van der Waals surface area contributed by atoms with E-state index in [1.54, 1.807) is 0 Å². The Morgan fingerprint density at radius 3 is 2.45 bits per heavy atom. The lowest BCUT2D eigenvalue weighted by Gasteiger charge is -2.08. The molecule has 0 aromatic carbocycles. The van der Waals surface area contributed by atoms with Crippen LogP contribution in [0.5, 0.6) is 0 Å². The smallest absolute Gasteiger partial charge is 0.247 e. The number of alkyl halides is 3. The number of halogens is 3. The van der Waals surface area contributed by atoms with Crippen LogP contribution in [-0.4, -0.2) is 14.1 Å². The van der Waals surface area contributed by atoms with Gasteiger partial charge in [0.1, 0.15) is 0 Å². The summed E-state index contributed by atoms with van der Waals surface area (Å²) in [6, 6.07) is 0. The Balaban J connectivity index is 3.46. The second-order valence-corrected chi connectivity index (χ2v) is 7.19. The molecule has 0 fully saturated rings. The first-order chi connectivity index (χ1) is 4.95. The highest BCUT2D eigenvalue weighted by atomic mass is 35.6. The van der Waals surface area contributed by atoms with Crippen LogP contribution in [0, 0.1) is 0 Å². The molecule has 0 rings (SSSR count). The fourth-order valence-corrected chi connectivity index (χ4v) is 2.46. The topological polar surface area (TPSA) is 9.23 Å². The van der Waals surface area contributed by atoms with Crippen LogP contribution in [-0.2, 0) is 4.74 Å². The minimum Gasteiger partial charge on any atom is -0.478 e. The minimum absolute atomic E-state index is 0.379. The predicted molar refractivity (Wildman–Crippen MR) is 59.7 cm³/mol. The first-order valence-electron chi connectivity index (χ1n) is 2.55. The first-order valence-corrected chi connectivity index (χ1v) is 6.24. The van der Waals surface area contributed by atoms with E-state index >= 15 is 0 Å². The van der Waals surface area contributed by atoms with Gasteiger partial charge in [-0.3, -0.25) is 0 Å². The molecule has 0 N–H and O–H groups in total. The summed E-state index contributed by atoms with van der Waals surface area (Å²) < 4.78 is 3.97. The molecule has 0 aliphatic rings. The summed E-state index contributed by atoms with van der Waals surface area (Å²) in [5.41, 5.74) is 0. The van der Waals surface area contributed by atoms with Gasteiger partial charge < -0.3 is 4.74 Å². The lowest BCUT2D eigenvalue weighted by atomic mass is 10.9. The molecule has 0 atom stereocenters. The van der Waals surface area contributed by atoms with Gasteiger partial charge in [-0.2, -0.15) is 0 Å². The van der Waals surface area contributed by atoms with Crippen molar-refractivity contribution in [3.63, 3.8) is 0 Å². The molecule has 0 heterocycles. The molecule has 0 saturated carbocycles. The molecule has 0 saturated heterocycles. The molecule has 0 aliphatic carbocycles. The number of rotatable bonds is 2. The van der Waals surface area contributed by atoms with E-state index in [-0.39, 0.29) is 0 Å². The number of thiocarbonyl (C=S) groups is 1. The highest BCUT2D eigenvalue weighted by molar-refractivity contribution is 8.84. The van der Waals surface area contributed by atoms with Crippen molar-refractivity contribution in [3.05, 3.63) is 0 Å². The van der Waals surface area contributed by atoms with Crippen molar-refractivity contribution < 1.29 is 4.74 Å². The van der Waals surface area contributed by atoms with Crippen molar-refractivity contribution in [1.29, 1.82) is 0 Å². The summed E-state index contributed by atoms with van der Waals surface area (Å²) in [5, 5.41) is 0. The van der Waals surface area contributed by atoms with Gasteiger partial charge in [0, 0.05) is 0 Å². The maximum absolute atomic E-state index is 5.44. The summed E-state index contributed by atoms with van der Waals surface area (Å²) in [6.07, 6.45) is 0. The molecule has 7 heteroatoms. The van der Waals surface area contributed by atoms with Crippen LogP contribution in [0.2, 0.25) is 0 Å². The third-order valence-electron chi connectivity index (χ3n) is 0.466. The van der Waals surface area contributed by atoms with Crippen molar-refractivity contribution in [2.45, 2.75) is 10.0 Å². The lowest BCUT2D eigenvalue weighted by Crippen LogP contribution is -1.97. The van der Waals surface area contributed by atoms with E-state index in [4.69, 9.17) is 51.8 Å². The van der Waals surface area contributed by atoms with Crippen molar-refractivity contribution in [1.82, 2.24) is 0 Å². The third kappa shape index (κ3) is 9.37. The van der Waals surface area contributed by atoms with Gasteiger partial charge in [0.15, 0.2) is 0 Å². The van der Waals surface area contributed by atoms with Gasteiger partial charge >= 0.3 is 0 Å². The van der Waals surface area contributed by atoms with E-state index in [0.29, 0.717) is 11.0 Å². The van der Waals surface area contributed by atoms with Gasteiger partial charge in [0.2, 0.25) is 7.51 Å². The average molecular weight is 272 g/mol. The van der Waals surface area contributed by atoms with Crippen molar-refractivity contribution >= 4 is 73.0 Å². The molecule has 0 aromatic rings. The molecular formula is C4H5Cl3OS3. The third-order valence-corrected chi connectivity index (χ3v) is 4.65. The largest absolute Gasteiger partial charge is 0.478 e. The summed E-state index contributed by atoms with van der Waals surface area (Å²) in [5.74, 6) is 0. The number of ether oxygens (including phenoxy) is 1. The lowest BCUT2D eigenvalue weighted by molar-refractivity contribution is 0.346. The minimum atomic E-state index is -1.34. The second kappa shape index (κ2) is 6.00. The van der Waals surface area contributed by atoms with Gasteiger partial charge in [0.25, 0.3) is 0 Å². The van der Waals surface area contributed by atoms with Crippen LogP contribution < -0.4 is 0 Å². The summed E-state index contributed by atoms with van der Waals surface area (Å²) in [6.45, 7) is 2.37. The van der Waals surface area contributed by atoms with E-state index in [2.05, 4.69) is 0 Å². The van der Waals surface area contributed by atoms with Gasteiger partial charge in [-0.15, -0.1) is 0 Å². The van der Waals surface area contributed by atoms with Gasteiger partial charge in [-0.1, -0.05) is 34.8 Å². The van der Waals surface area contributed by atoms with Crippen LogP contribution in [0.1, 0.15) is 6.92 Å². The Bertz CT molecular complexity index is 135. The Hall–Kier alpha value is 1.46. The number of hydrogen-bond acceptors (Lipinski definition) is 4. The molecule has 0 spiro atoms. The normalized spacial score (nSPS) is 11.3. The van der Waals surface area contributed by atoms with E-state index in [0.717, 1.165) is 21.6 Å². The molecule has 0 unspecified atom stereocenters. The summed E-state index contributed by atoms with van der Waals surface area (Å²) in [4.78, 5) is 0. The Morgan fingerprint density at radius 2 is 2.09 bits per heavy atom. The van der Waals surface area contributed by atoms with Crippen LogP contribution in [0.4, 0.5) is 0 Å². The number of hydrogen-bond donors (Lipinski definition) is 0. The monoisotopic (exact) mass is 270 g/mol. The zero-order valence-corrected chi connectivity index (χ0v) is 10.2. The Morgan fingerprint density at radius 1 is 1.55 bits per heavy atom. The highest BCUT2D eigenvalue weighted by Gasteiger charge is 2.22. The van der Waals surface area contributed by atoms with Gasteiger partial charge in [-0.25, -0.2) is 0 Å². The van der Waals surface area contributed by atoms with E-state index in [1.807, 2.05) is 6.92 Å². The molecule has 0 aromatic heterocycles. The average Bonchev–Trinajstić information content (AvgIpc) is 1.83. The fourth-order valence-electron chi connectivity index (χ4n) is 0.223. The quantitative estimate of drug-likeness (QED) is 0.426. The molecule has 66 valence electrons. The van der Waals surface area contributed by atoms with E-state index in [1.165, 1.54) is 0 Å². The molecule has 1 nitrogen and oxygen atoms in total. The SMILES string of the molecule is CCOC(=S)SSC(Cl)(Cl)Cl. The standard InChI is InChI=1S/C4H5Cl3OS3/c1-2-8-3(9)10-11-4(5,6)7/h2H2,1H3. The Labute approximate surface area is 93.9 Å². The summed E-state index contributed by atoms with van der Waals surface area (Å²) in [7, 11) is 2.17. The maximum Gasteiger partial charge on any atom is 0.247 e. The van der Waals surface area contributed by atoms with Crippen LogP contribution in [0.15, 0.2) is 0 Å². The molecule has 0 radical (unpaired) electrons. The van der Waals surface area contributed by atoms with Gasteiger partial charge in [-0.05, 0) is 40.7 Å². The zero-order chi connectivity index (χ0) is 8.91. The van der Waals surface area contributed by atoms with Crippen LogP contribution in [0.25, 0.3) is 0 Å². The molecule has 0 aliphatic heterocycles. The van der Waals surface area contributed by atoms with Crippen molar-refractivity contribution in [2.24, 2.45) is 0 Å². The molecule has 0 bridgehead atoms. The second-order valence-electron chi connectivity index (χ2n) is 1.30. The van der Waals surface area contributed by atoms with Gasteiger partial charge in [0.05, 0.1) is 6.61 Å². The fraction of sp³-hybridized carbons (Fsp3) is 0.750. The molecule has 11 heavy (non-hydrogen) atoms. The Kier molecular flexibility index (Phi) is 6.79. The van der Waals surface area contributed by atoms with E-state index < -0.39 is 3.12 Å². The highest BCUT2D eigenvalue weighted by Crippen LogP contribution is 2.46. The van der Waals surface area contributed by atoms with Crippen LogP contribution in [0.3, 0.4) is 0 Å². The molecular weight excluding hydrogens is 267 g/mol. The summed E-state index contributed by atoms with van der Waals surface area (Å²) >= 11 is 21.1.